The average molecular weight is 356 g/mol. The first kappa shape index (κ1) is 16.8. The maximum Gasteiger partial charge on any atom is 0.368 e. The first-order chi connectivity index (χ1) is 12.0. The van der Waals surface area contributed by atoms with Gasteiger partial charge in [-0.3, -0.25) is 0 Å². The number of nitrogens with zero attached hydrogens (tertiary/aromatic N) is 4. The van der Waals surface area contributed by atoms with Gasteiger partial charge in [-0.2, -0.15) is 9.36 Å². The van der Waals surface area contributed by atoms with E-state index in [0.717, 1.165) is 21.9 Å². The van der Waals surface area contributed by atoms with Crippen molar-refractivity contribution in [1.82, 2.24) is 19.8 Å². The molecule has 7 nitrogen and oxygen atoms in total. The van der Waals surface area contributed by atoms with Crippen molar-refractivity contribution in [1.29, 1.82) is 0 Å². The Hall–Kier alpha value is -3.00. The normalized spacial score (nSPS) is 11.9. The third kappa shape index (κ3) is 3.74. The molecule has 1 heterocycles. The lowest BCUT2D eigenvalue weighted by Gasteiger charge is -2.02. The molecule has 3 rings (SSSR count). The third-order valence-corrected chi connectivity index (χ3v) is 5.17. The van der Waals surface area contributed by atoms with Gasteiger partial charge in [-0.15, -0.1) is 0 Å². The minimum Gasteiger partial charge on any atom is -0.244 e. The van der Waals surface area contributed by atoms with Gasteiger partial charge in [0.25, 0.3) is 0 Å². The van der Waals surface area contributed by atoms with Gasteiger partial charge in [0.15, 0.2) is 0 Å². The Bertz CT molecular complexity index is 1070. The predicted octanol–water partition coefficient (Wildman–Crippen LogP) is 1.70. The molecule has 1 aromatic heterocycles. The van der Waals surface area contributed by atoms with Crippen LogP contribution >= 0.6 is 0 Å². The summed E-state index contributed by atoms with van der Waals surface area (Å²) in [5.41, 5.74) is 1.01. The van der Waals surface area contributed by atoms with E-state index >= 15 is 0 Å². The molecule has 3 aromatic rings. The van der Waals surface area contributed by atoms with Gasteiger partial charge in [-0.1, -0.05) is 48.5 Å². The Kier molecular flexibility index (Phi) is 4.62. The van der Waals surface area contributed by atoms with E-state index in [0.29, 0.717) is 5.56 Å². The van der Waals surface area contributed by atoms with E-state index in [1.807, 2.05) is 30.3 Å². The van der Waals surface area contributed by atoms with E-state index < -0.39 is 15.5 Å². The molecule has 128 valence electrons. The number of aryl methyl sites for hydroxylation is 1. The minimum atomic E-state index is -3.67. The molecule has 25 heavy (non-hydrogen) atoms. The van der Waals surface area contributed by atoms with Crippen LogP contribution in [0.25, 0.3) is 6.20 Å². The van der Waals surface area contributed by atoms with E-state index in [-0.39, 0.29) is 11.4 Å². The molecule has 0 saturated carbocycles. The minimum absolute atomic E-state index is 0.191. The fourth-order valence-corrected chi connectivity index (χ4v) is 3.53. The van der Waals surface area contributed by atoms with Gasteiger partial charge >= 0.3 is 5.69 Å². The number of hydrogen-bond acceptors (Lipinski definition) is 5. The van der Waals surface area contributed by atoms with E-state index in [9.17, 15) is 13.2 Å². The molecule has 0 amide bonds. The van der Waals surface area contributed by atoms with Crippen LogP contribution in [0.15, 0.2) is 69.7 Å². The molecule has 8 heteroatoms. The molecule has 0 atom stereocenters. The molecular formula is C17H16N4O3S. The second kappa shape index (κ2) is 6.86. The van der Waals surface area contributed by atoms with Gasteiger partial charge < -0.3 is 0 Å². The predicted molar refractivity (Wildman–Crippen MR) is 93.5 cm³/mol. The van der Waals surface area contributed by atoms with Crippen LogP contribution in [0.5, 0.6) is 0 Å². The number of sulfone groups is 1. The zero-order chi connectivity index (χ0) is 17.9. The van der Waals surface area contributed by atoms with Gasteiger partial charge in [-0.25, -0.2) is 13.2 Å². The molecule has 0 aliphatic heterocycles. The Labute approximate surface area is 144 Å². The second-order valence-electron chi connectivity index (χ2n) is 5.44. The van der Waals surface area contributed by atoms with Crippen LogP contribution in [0.4, 0.5) is 0 Å². The van der Waals surface area contributed by atoms with E-state index in [1.165, 1.54) is 10.7 Å². The molecule has 0 unspecified atom stereocenters. The van der Waals surface area contributed by atoms with Crippen molar-refractivity contribution in [3.8, 4) is 0 Å². The van der Waals surface area contributed by atoms with Crippen molar-refractivity contribution in [2.75, 3.05) is 0 Å². The summed E-state index contributed by atoms with van der Waals surface area (Å²) < 4.78 is 26.8. The van der Waals surface area contributed by atoms with Crippen molar-refractivity contribution >= 4 is 16.0 Å². The van der Waals surface area contributed by atoms with Gasteiger partial charge in [0, 0.05) is 6.20 Å². The highest BCUT2D eigenvalue weighted by molar-refractivity contribution is 7.94. The molecule has 0 fully saturated rings. The topological polar surface area (TPSA) is 86.8 Å². The maximum atomic E-state index is 12.4. The van der Waals surface area contributed by atoms with E-state index in [4.69, 9.17) is 0 Å². The fourth-order valence-electron chi connectivity index (χ4n) is 2.32. The largest absolute Gasteiger partial charge is 0.368 e. The summed E-state index contributed by atoms with van der Waals surface area (Å²) in [5.74, 6) is 0. The first-order valence-corrected chi connectivity index (χ1v) is 9.07. The van der Waals surface area contributed by atoms with Crippen molar-refractivity contribution in [2.24, 2.45) is 0 Å². The smallest absolute Gasteiger partial charge is 0.244 e. The van der Waals surface area contributed by atoms with Crippen LogP contribution in [0, 0.1) is 6.92 Å². The van der Waals surface area contributed by atoms with Crippen LogP contribution in [-0.2, 0) is 16.4 Å². The van der Waals surface area contributed by atoms with Gasteiger partial charge in [0.1, 0.15) is 0 Å². The van der Waals surface area contributed by atoms with Crippen LogP contribution in [0.1, 0.15) is 11.1 Å². The number of hydrogen-bond donors (Lipinski definition) is 0. The second-order valence-corrected chi connectivity index (χ2v) is 7.25. The number of tetrazole rings is 1. The molecule has 0 bridgehead atoms. The molecule has 0 radical (unpaired) electrons. The summed E-state index contributed by atoms with van der Waals surface area (Å²) in [6.45, 7) is 1.97. The molecule has 0 N–H and O–H groups in total. The quantitative estimate of drug-likeness (QED) is 0.694. The van der Waals surface area contributed by atoms with Crippen molar-refractivity contribution in [3.63, 3.8) is 0 Å². The zero-order valence-electron chi connectivity index (χ0n) is 13.5. The van der Waals surface area contributed by atoms with Crippen LogP contribution in [0.3, 0.4) is 0 Å². The molecule has 0 aliphatic carbocycles. The highest BCUT2D eigenvalue weighted by Gasteiger charge is 2.13. The number of aromatic nitrogens is 4. The molecular weight excluding hydrogens is 340 g/mol. The van der Waals surface area contributed by atoms with Gasteiger partial charge in [0.2, 0.25) is 9.84 Å². The van der Waals surface area contributed by atoms with Crippen molar-refractivity contribution in [2.45, 2.75) is 18.4 Å². The highest BCUT2D eigenvalue weighted by atomic mass is 32.2. The summed E-state index contributed by atoms with van der Waals surface area (Å²) >= 11 is 0. The lowest BCUT2D eigenvalue weighted by atomic mass is 10.2. The average Bonchev–Trinajstić information content (AvgIpc) is 2.94. The van der Waals surface area contributed by atoms with E-state index in [1.54, 1.807) is 25.1 Å². The van der Waals surface area contributed by atoms with Crippen molar-refractivity contribution in [3.05, 3.63) is 81.6 Å². The van der Waals surface area contributed by atoms with E-state index in [2.05, 4.69) is 10.4 Å². The van der Waals surface area contributed by atoms with Gasteiger partial charge in [0.05, 0.1) is 16.8 Å². The maximum absolute atomic E-state index is 12.4. The Balaban J connectivity index is 1.85. The molecule has 0 saturated heterocycles. The highest BCUT2D eigenvalue weighted by Crippen LogP contribution is 2.16. The molecule has 2 aromatic carbocycles. The summed E-state index contributed by atoms with van der Waals surface area (Å²) in [4.78, 5) is 12.4. The van der Waals surface area contributed by atoms with Crippen LogP contribution in [0.2, 0.25) is 0 Å². The monoisotopic (exact) mass is 356 g/mol. The Morgan fingerprint density at radius 2 is 1.68 bits per heavy atom. The summed E-state index contributed by atoms with van der Waals surface area (Å²) in [6.07, 6.45) is 1.11. The summed E-state index contributed by atoms with van der Waals surface area (Å²) in [5, 5.41) is 8.43. The summed E-state index contributed by atoms with van der Waals surface area (Å²) in [7, 11) is -3.67. The third-order valence-electron chi connectivity index (χ3n) is 3.62. The number of rotatable bonds is 5. The molecule has 0 spiro atoms. The fraction of sp³-hybridized carbons (Fsp3) is 0.118. The van der Waals surface area contributed by atoms with Crippen LogP contribution in [-0.4, -0.2) is 28.2 Å². The Morgan fingerprint density at radius 3 is 2.40 bits per heavy atom. The Morgan fingerprint density at radius 1 is 1.00 bits per heavy atom. The first-order valence-electron chi connectivity index (χ1n) is 7.52. The SMILES string of the molecule is Cc1ccccc1S(=O)(=O)/C=C/n1nnn(Cc2ccccc2)c1=O. The lowest BCUT2D eigenvalue weighted by Crippen LogP contribution is -2.23. The number of benzene rings is 2. The lowest BCUT2D eigenvalue weighted by molar-refractivity contribution is 0.604. The van der Waals surface area contributed by atoms with Crippen molar-refractivity contribution < 1.29 is 8.42 Å². The van der Waals surface area contributed by atoms with Crippen LogP contribution < -0.4 is 5.69 Å². The standard InChI is InChI=1S/C17H16N4O3S/c1-14-7-5-6-10-16(14)25(23,24)12-11-20-17(22)21(19-18-20)13-15-8-3-2-4-9-15/h2-12H,13H2,1H3/b12-11+. The van der Waals surface area contributed by atoms with Gasteiger partial charge in [-0.05, 0) is 34.5 Å². The summed E-state index contributed by atoms with van der Waals surface area (Å²) in [6, 6.07) is 16.0. The molecule has 0 aliphatic rings. The zero-order valence-corrected chi connectivity index (χ0v) is 14.3.